The molecular formula is C15H13ClN4S2. The van der Waals surface area contributed by atoms with Crippen LogP contribution in [0.4, 0.5) is 0 Å². The minimum absolute atomic E-state index is 0.765. The Morgan fingerprint density at radius 1 is 0.909 bits per heavy atom. The van der Waals surface area contributed by atoms with Gasteiger partial charge in [0.1, 0.15) is 0 Å². The Morgan fingerprint density at radius 2 is 1.64 bits per heavy atom. The lowest BCUT2D eigenvalue weighted by molar-refractivity contribution is 0.756. The molecule has 4 nitrogen and oxygen atoms in total. The molecule has 0 unspecified atom stereocenters. The van der Waals surface area contributed by atoms with Gasteiger partial charge in [0.2, 0.25) is 5.16 Å². The Kier molecular flexibility index (Phi) is 5.37. The van der Waals surface area contributed by atoms with Gasteiger partial charge in [-0.3, -0.25) is 0 Å². The number of hydrogen-bond donors (Lipinski definition) is 0. The maximum absolute atomic E-state index is 5.88. The van der Waals surface area contributed by atoms with Crippen LogP contribution in [0.2, 0.25) is 5.02 Å². The number of nitrogens with zero attached hydrogens (tertiary/aromatic N) is 4. The lowest BCUT2D eigenvalue weighted by atomic mass is 10.3. The number of halogens is 1. The highest BCUT2D eigenvalue weighted by molar-refractivity contribution is 8.02. The van der Waals surface area contributed by atoms with Gasteiger partial charge < -0.3 is 0 Å². The van der Waals surface area contributed by atoms with Gasteiger partial charge >= 0.3 is 0 Å². The van der Waals surface area contributed by atoms with E-state index in [4.69, 9.17) is 11.6 Å². The van der Waals surface area contributed by atoms with Crippen molar-refractivity contribution in [1.29, 1.82) is 0 Å². The molecule has 7 heteroatoms. The maximum atomic E-state index is 5.88. The van der Waals surface area contributed by atoms with Gasteiger partial charge in [-0.1, -0.05) is 41.6 Å². The van der Waals surface area contributed by atoms with Crippen LogP contribution in [0.5, 0.6) is 0 Å². The molecule has 112 valence electrons. The first kappa shape index (κ1) is 15.4. The summed E-state index contributed by atoms with van der Waals surface area (Å²) in [6.45, 7) is 0. The van der Waals surface area contributed by atoms with Gasteiger partial charge in [0.25, 0.3) is 0 Å². The number of benzene rings is 2. The zero-order valence-corrected chi connectivity index (χ0v) is 14.0. The van der Waals surface area contributed by atoms with Gasteiger partial charge in [-0.2, -0.15) is 4.68 Å². The Bertz CT molecular complexity index is 716. The van der Waals surface area contributed by atoms with Crippen molar-refractivity contribution in [2.45, 2.75) is 10.1 Å². The molecule has 0 bridgehead atoms. The first-order valence-corrected chi connectivity index (χ1v) is 9.03. The summed E-state index contributed by atoms with van der Waals surface area (Å²) in [6.07, 6.45) is 0. The third kappa shape index (κ3) is 4.03. The third-order valence-electron chi connectivity index (χ3n) is 2.84. The molecule has 0 radical (unpaired) electrons. The Morgan fingerprint density at radius 3 is 2.41 bits per heavy atom. The van der Waals surface area contributed by atoms with Crippen molar-refractivity contribution in [2.24, 2.45) is 0 Å². The molecule has 3 aromatic rings. The molecule has 1 heterocycles. The van der Waals surface area contributed by atoms with E-state index in [0.29, 0.717) is 0 Å². The Balaban J connectivity index is 1.54. The van der Waals surface area contributed by atoms with Crippen molar-refractivity contribution in [2.75, 3.05) is 11.5 Å². The van der Waals surface area contributed by atoms with E-state index in [-0.39, 0.29) is 0 Å². The molecule has 3 rings (SSSR count). The molecule has 22 heavy (non-hydrogen) atoms. The quantitative estimate of drug-likeness (QED) is 0.493. The summed E-state index contributed by atoms with van der Waals surface area (Å²) in [5.74, 6) is 1.91. The molecule has 0 amide bonds. The predicted octanol–water partition coefficient (Wildman–Crippen LogP) is 4.20. The second kappa shape index (κ2) is 7.67. The molecule has 0 aliphatic rings. The number of thioether (sulfide) groups is 2. The van der Waals surface area contributed by atoms with Gasteiger partial charge in [0, 0.05) is 21.4 Å². The van der Waals surface area contributed by atoms with Crippen LogP contribution in [0, 0.1) is 0 Å². The molecule has 0 aliphatic carbocycles. The second-order valence-electron chi connectivity index (χ2n) is 4.36. The predicted molar refractivity (Wildman–Crippen MR) is 92.1 cm³/mol. The maximum Gasteiger partial charge on any atom is 0.214 e. The van der Waals surface area contributed by atoms with Crippen molar-refractivity contribution in [3.05, 3.63) is 59.6 Å². The standard InChI is InChI=1S/C15H13ClN4S2/c16-12-6-8-14(9-7-12)21-10-11-22-15-17-18-19-20(15)13-4-2-1-3-5-13/h1-9H,10-11H2. The van der Waals surface area contributed by atoms with Crippen LogP contribution in [-0.4, -0.2) is 31.7 Å². The van der Waals surface area contributed by atoms with E-state index in [2.05, 4.69) is 15.5 Å². The van der Waals surface area contributed by atoms with E-state index < -0.39 is 0 Å². The first-order valence-electron chi connectivity index (χ1n) is 6.68. The average Bonchev–Trinajstić information content (AvgIpc) is 3.02. The van der Waals surface area contributed by atoms with E-state index >= 15 is 0 Å². The van der Waals surface area contributed by atoms with E-state index in [9.17, 15) is 0 Å². The Hall–Kier alpha value is -1.50. The van der Waals surface area contributed by atoms with Crippen molar-refractivity contribution in [1.82, 2.24) is 20.2 Å². The van der Waals surface area contributed by atoms with E-state index in [1.807, 2.05) is 54.6 Å². The number of aromatic nitrogens is 4. The summed E-state index contributed by atoms with van der Waals surface area (Å²) in [6, 6.07) is 17.8. The summed E-state index contributed by atoms with van der Waals surface area (Å²) >= 11 is 9.32. The number of tetrazole rings is 1. The van der Waals surface area contributed by atoms with Crippen molar-refractivity contribution < 1.29 is 0 Å². The van der Waals surface area contributed by atoms with E-state index in [1.54, 1.807) is 28.2 Å². The summed E-state index contributed by atoms with van der Waals surface area (Å²) in [5.41, 5.74) is 0.973. The topological polar surface area (TPSA) is 43.6 Å². The highest BCUT2D eigenvalue weighted by Crippen LogP contribution is 2.24. The average molecular weight is 349 g/mol. The second-order valence-corrected chi connectivity index (χ2v) is 7.03. The normalized spacial score (nSPS) is 10.8. The van der Waals surface area contributed by atoms with Crippen LogP contribution >= 0.6 is 35.1 Å². The molecule has 1 aromatic heterocycles. The smallest absolute Gasteiger partial charge is 0.188 e. The fraction of sp³-hybridized carbons (Fsp3) is 0.133. The molecule has 2 aromatic carbocycles. The highest BCUT2D eigenvalue weighted by atomic mass is 35.5. The van der Waals surface area contributed by atoms with Crippen LogP contribution in [0.15, 0.2) is 64.6 Å². The molecule has 0 fully saturated rings. The Labute approximate surface area is 142 Å². The lowest BCUT2D eigenvalue weighted by Gasteiger charge is -2.04. The van der Waals surface area contributed by atoms with Crippen LogP contribution in [0.1, 0.15) is 0 Å². The molecule has 0 aliphatic heterocycles. The molecule has 0 saturated carbocycles. The number of hydrogen-bond acceptors (Lipinski definition) is 5. The minimum atomic E-state index is 0.765. The summed E-state index contributed by atoms with van der Waals surface area (Å²) < 4.78 is 1.76. The zero-order valence-electron chi connectivity index (χ0n) is 11.6. The third-order valence-corrected chi connectivity index (χ3v) is 5.28. The highest BCUT2D eigenvalue weighted by Gasteiger charge is 2.08. The van der Waals surface area contributed by atoms with Gasteiger partial charge in [-0.05, 0) is 46.8 Å². The monoisotopic (exact) mass is 348 g/mol. The summed E-state index contributed by atoms with van der Waals surface area (Å²) in [5, 5.41) is 13.5. The number of para-hydroxylation sites is 1. The molecule has 0 saturated heterocycles. The number of rotatable bonds is 6. The summed E-state index contributed by atoms with van der Waals surface area (Å²) in [7, 11) is 0. The SMILES string of the molecule is Clc1ccc(SCCSc2nnnn2-c2ccccc2)cc1. The van der Waals surface area contributed by atoms with Crippen LogP contribution in [0.25, 0.3) is 5.69 Å². The van der Waals surface area contributed by atoms with Crippen LogP contribution < -0.4 is 0 Å². The van der Waals surface area contributed by atoms with Crippen molar-refractivity contribution in [3.8, 4) is 5.69 Å². The molecular weight excluding hydrogens is 336 g/mol. The van der Waals surface area contributed by atoms with Crippen molar-refractivity contribution in [3.63, 3.8) is 0 Å². The molecule has 0 atom stereocenters. The van der Waals surface area contributed by atoms with Crippen LogP contribution in [0.3, 0.4) is 0 Å². The first-order chi connectivity index (χ1) is 10.8. The van der Waals surface area contributed by atoms with Gasteiger partial charge in [-0.25, -0.2) is 0 Å². The zero-order chi connectivity index (χ0) is 15.2. The van der Waals surface area contributed by atoms with Gasteiger partial charge in [-0.15, -0.1) is 16.9 Å². The minimum Gasteiger partial charge on any atom is -0.188 e. The molecule has 0 N–H and O–H groups in total. The van der Waals surface area contributed by atoms with Gasteiger partial charge in [0.15, 0.2) is 0 Å². The summed E-state index contributed by atoms with van der Waals surface area (Å²) in [4.78, 5) is 1.22. The van der Waals surface area contributed by atoms with Crippen molar-refractivity contribution >= 4 is 35.1 Å². The van der Waals surface area contributed by atoms with E-state index in [1.165, 1.54) is 4.90 Å². The van der Waals surface area contributed by atoms with Crippen LogP contribution in [-0.2, 0) is 0 Å². The molecule has 0 spiro atoms. The largest absolute Gasteiger partial charge is 0.214 e. The lowest BCUT2D eigenvalue weighted by Crippen LogP contribution is -1.99. The van der Waals surface area contributed by atoms with Gasteiger partial charge in [0.05, 0.1) is 5.69 Å². The fourth-order valence-electron chi connectivity index (χ4n) is 1.82. The fourth-order valence-corrected chi connectivity index (χ4v) is 3.72. The van der Waals surface area contributed by atoms with E-state index in [0.717, 1.165) is 27.4 Å².